The van der Waals surface area contributed by atoms with Crippen LogP contribution < -0.4 is 5.48 Å². The summed E-state index contributed by atoms with van der Waals surface area (Å²) in [5.41, 5.74) is 4.13. The Morgan fingerprint density at radius 1 is 1.27 bits per heavy atom. The fourth-order valence-corrected chi connectivity index (χ4v) is 8.90. The van der Waals surface area contributed by atoms with E-state index in [9.17, 15) is 9.18 Å². The standard InChI is InChI=1S/C21H23FN2O2/c1-2-10-5-11-9(3-8(4-12(11)22)20(25)23-26)6-24(10)7-21-17-14-13-15(17)19(21)16(13)18(14)21/h3-4,10,13-19,26H,2,5-7H2,1H3,(H,23,25)/t10-,13?,14?,15?,16?,17?,18?,19?,21?/m0/s1. The number of rotatable bonds is 4. The molecule has 0 unspecified atom stereocenters. The van der Waals surface area contributed by atoms with Crippen molar-refractivity contribution in [2.45, 2.75) is 32.4 Å². The number of hydrogen-bond acceptors (Lipinski definition) is 3. The van der Waals surface area contributed by atoms with E-state index in [-0.39, 0.29) is 11.4 Å². The molecule has 136 valence electrons. The molecule has 0 spiro atoms. The molecule has 5 heteroatoms. The van der Waals surface area contributed by atoms with Crippen molar-refractivity contribution in [3.05, 3.63) is 34.6 Å². The lowest BCUT2D eigenvalue weighted by atomic mass is 8.96. The van der Waals surface area contributed by atoms with Gasteiger partial charge in [-0.2, -0.15) is 0 Å². The zero-order valence-corrected chi connectivity index (χ0v) is 14.8. The number of carbonyl (C=O) groups is 1. The molecular weight excluding hydrogens is 331 g/mol. The van der Waals surface area contributed by atoms with Gasteiger partial charge in [0.15, 0.2) is 0 Å². The van der Waals surface area contributed by atoms with Crippen LogP contribution in [0, 0.1) is 52.7 Å². The Bertz CT molecular complexity index is 832. The van der Waals surface area contributed by atoms with Crippen molar-refractivity contribution in [3.8, 4) is 0 Å². The number of hydroxylamine groups is 1. The number of carbonyl (C=O) groups excluding carboxylic acids is 1. The van der Waals surface area contributed by atoms with Crippen LogP contribution in [0.5, 0.6) is 0 Å². The third kappa shape index (κ3) is 1.20. The third-order valence-electron chi connectivity index (χ3n) is 9.61. The highest BCUT2D eigenvalue weighted by atomic mass is 19.1. The van der Waals surface area contributed by atoms with Gasteiger partial charge in [-0.1, -0.05) is 6.92 Å². The summed E-state index contributed by atoms with van der Waals surface area (Å²) >= 11 is 0. The quantitative estimate of drug-likeness (QED) is 0.645. The number of nitrogens with zero attached hydrogens (tertiary/aromatic N) is 1. The highest BCUT2D eigenvalue weighted by Gasteiger charge is 3.03. The van der Waals surface area contributed by atoms with E-state index in [1.807, 2.05) is 0 Å². The molecule has 1 atom stereocenters. The fourth-order valence-electron chi connectivity index (χ4n) is 8.90. The van der Waals surface area contributed by atoms with Crippen LogP contribution in [0.1, 0.15) is 34.8 Å². The molecule has 8 rings (SSSR count). The third-order valence-corrected chi connectivity index (χ3v) is 9.61. The van der Waals surface area contributed by atoms with Gasteiger partial charge in [0.1, 0.15) is 5.82 Å². The lowest BCUT2D eigenvalue weighted by Gasteiger charge is -3.08. The maximum Gasteiger partial charge on any atom is 0.274 e. The fraction of sp³-hybridized carbons (Fsp3) is 0.667. The largest absolute Gasteiger partial charge is 0.295 e. The van der Waals surface area contributed by atoms with Crippen molar-refractivity contribution in [1.29, 1.82) is 0 Å². The Morgan fingerprint density at radius 2 is 1.96 bits per heavy atom. The Morgan fingerprint density at radius 3 is 2.58 bits per heavy atom. The van der Waals surface area contributed by atoms with Gasteiger partial charge in [-0.25, -0.2) is 9.87 Å². The maximum atomic E-state index is 14.6. The maximum absolute atomic E-state index is 14.6. The summed E-state index contributed by atoms with van der Waals surface area (Å²) in [6, 6.07) is 3.42. The van der Waals surface area contributed by atoms with Crippen LogP contribution >= 0.6 is 0 Å². The molecule has 1 aliphatic heterocycles. The summed E-state index contributed by atoms with van der Waals surface area (Å²) in [5, 5.41) is 8.88. The van der Waals surface area contributed by atoms with Gasteiger partial charge in [0.2, 0.25) is 0 Å². The molecule has 4 nitrogen and oxygen atoms in total. The minimum Gasteiger partial charge on any atom is -0.295 e. The lowest BCUT2D eigenvalue weighted by Crippen LogP contribution is -3.06. The average molecular weight is 354 g/mol. The van der Waals surface area contributed by atoms with E-state index in [1.54, 1.807) is 11.5 Å². The van der Waals surface area contributed by atoms with Crippen molar-refractivity contribution in [2.75, 3.05) is 6.54 Å². The first-order valence-corrected chi connectivity index (χ1v) is 10.1. The lowest BCUT2D eigenvalue weighted by molar-refractivity contribution is -0.615. The summed E-state index contributed by atoms with van der Waals surface area (Å²) in [4.78, 5) is 14.3. The molecule has 1 heterocycles. The summed E-state index contributed by atoms with van der Waals surface area (Å²) in [7, 11) is 0. The van der Waals surface area contributed by atoms with E-state index in [1.165, 1.54) is 12.6 Å². The Hall–Kier alpha value is -1.46. The van der Waals surface area contributed by atoms with Crippen LogP contribution in [0.4, 0.5) is 4.39 Å². The predicted molar refractivity (Wildman–Crippen MR) is 90.7 cm³/mol. The molecule has 0 aromatic heterocycles. The monoisotopic (exact) mass is 354 g/mol. The number of halogens is 1. The van der Waals surface area contributed by atoms with Crippen LogP contribution in [-0.4, -0.2) is 28.6 Å². The molecule has 7 aliphatic rings. The Labute approximate surface area is 151 Å². The van der Waals surface area contributed by atoms with E-state index < -0.39 is 5.91 Å². The molecule has 0 bridgehead atoms. The molecule has 26 heavy (non-hydrogen) atoms. The van der Waals surface area contributed by atoms with Gasteiger partial charge in [-0.05, 0) is 82.9 Å². The second kappa shape index (κ2) is 4.17. The SMILES string of the molecule is CC[C@H]1Cc2c(F)cc(C(=O)NO)cc2CN1CC12C3C4C5C3C1C5C42. The number of fused-ring (bicyclic) bond motifs is 1. The second-order valence-electron chi connectivity index (χ2n) is 9.71. The summed E-state index contributed by atoms with van der Waals surface area (Å²) < 4.78 is 14.6. The van der Waals surface area contributed by atoms with Gasteiger partial charge in [-0.15, -0.1) is 0 Å². The molecule has 1 amide bonds. The van der Waals surface area contributed by atoms with E-state index in [4.69, 9.17) is 5.21 Å². The van der Waals surface area contributed by atoms with Crippen LogP contribution in [-0.2, 0) is 13.0 Å². The van der Waals surface area contributed by atoms with Gasteiger partial charge in [0, 0.05) is 24.7 Å². The normalized spacial score (nSPS) is 50.3. The van der Waals surface area contributed by atoms with Crippen molar-refractivity contribution in [3.63, 3.8) is 0 Å². The van der Waals surface area contributed by atoms with Crippen molar-refractivity contribution in [2.24, 2.45) is 46.8 Å². The molecule has 6 fully saturated rings. The molecular formula is C21H23FN2O2. The van der Waals surface area contributed by atoms with Crippen LogP contribution in [0.15, 0.2) is 12.1 Å². The molecule has 0 radical (unpaired) electrons. The Kier molecular flexibility index (Phi) is 2.34. The van der Waals surface area contributed by atoms with Crippen LogP contribution in [0.3, 0.4) is 0 Å². The molecule has 1 aromatic carbocycles. The van der Waals surface area contributed by atoms with E-state index >= 15 is 0 Å². The first-order valence-electron chi connectivity index (χ1n) is 10.1. The second-order valence-corrected chi connectivity index (χ2v) is 9.71. The summed E-state index contributed by atoms with van der Waals surface area (Å²) in [5.74, 6) is 6.51. The van der Waals surface area contributed by atoms with Crippen LogP contribution in [0.2, 0.25) is 0 Å². The van der Waals surface area contributed by atoms with Gasteiger partial charge >= 0.3 is 0 Å². The van der Waals surface area contributed by atoms with Gasteiger partial charge < -0.3 is 0 Å². The van der Waals surface area contributed by atoms with Crippen molar-refractivity contribution < 1.29 is 14.4 Å². The minimum absolute atomic E-state index is 0.204. The predicted octanol–water partition coefficient (Wildman–Crippen LogP) is 2.45. The van der Waals surface area contributed by atoms with E-state index in [2.05, 4.69) is 11.8 Å². The Balaban J connectivity index is 1.20. The number of amides is 1. The topological polar surface area (TPSA) is 52.6 Å². The van der Waals surface area contributed by atoms with E-state index in [0.29, 0.717) is 11.5 Å². The molecule has 1 aromatic rings. The molecule has 2 N–H and O–H groups in total. The smallest absolute Gasteiger partial charge is 0.274 e. The van der Waals surface area contributed by atoms with E-state index in [0.717, 1.165) is 71.9 Å². The first-order chi connectivity index (χ1) is 12.6. The average Bonchev–Trinajstić information content (AvgIpc) is 2.67. The van der Waals surface area contributed by atoms with Gasteiger partial charge in [0.05, 0.1) is 0 Å². The van der Waals surface area contributed by atoms with Crippen molar-refractivity contribution >= 4 is 5.91 Å². The minimum atomic E-state index is -0.642. The molecule has 6 aliphatic carbocycles. The number of benzene rings is 1. The molecule has 0 saturated heterocycles. The van der Waals surface area contributed by atoms with Crippen molar-refractivity contribution in [1.82, 2.24) is 10.4 Å². The molecule has 6 saturated carbocycles. The highest BCUT2D eigenvalue weighted by Crippen LogP contribution is 3.05. The number of nitrogens with one attached hydrogen (secondary N) is 1. The number of hydrogen-bond donors (Lipinski definition) is 2. The summed E-state index contributed by atoms with van der Waals surface area (Å²) in [6.45, 7) is 4.11. The van der Waals surface area contributed by atoms with Gasteiger partial charge in [-0.3, -0.25) is 14.9 Å². The first kappa shape index (κ1) is 14.6. The zero-order valence-electron chi connectivity index (χ0n) is 14.8. The summed E-state index contributed by atoms with van der Waals surface area (Å²) in [6.07, 6.45) is 1.76. The van der Waals surface area contributed by atoms with Gasteiger partial charge in [0.25, 0.3) is 5.91 Å². The zero-order chi connectivity index (χ0) is 17.5. The van der Waals surface area contributed by atoms with Crippen LogP contribution in [0.25, 0.3) is 0 Å². The highest BCUT2D eigenvalue weighted by molar-refractivity contribution is 5.93.